The molecule has 2 aliphatic heterocycles. The van der Waals surface area contributed by atoms with Crippen LogP contribution in [0.3, 0.4) is 0 Å². The van der Waals surface area contributed by atoms with Crippen molar-refractivity contribution in [2.75, 3.05) is 26.4 Å². The third-order valence-electron chi connectivity index (χ3n) is 8.83. The molecule has 5 fully saturated rings. The third-order valence-corrected chi connectivity index (χ3v) is 8.83. The van der Waals surface area contributed by atoms with Crippen molar-refractivity contribution in [3.8, 4) is 0 Å². The van der Waals surface area contributed by atoms with Crippen molar-refractivity contribution in [1.82, 2.24) is 10.6 Å². The minimum absolute atomic E-state index is 0.0562. The lowest BCUT2D eigenvalue weighted by molar-refractivity contribution is -0.144. The van der Waals surface area contributed by atoms with Gasteiger partial charge in [0.25, 0.3) is 0 Å². The fraction of sp³-hybridized carbons (Fsp3) is 0.909. The zero-order valence-corrected chi connectivity index (χ0v) is 17.6. The van der Waals surface area contributed by atoms with Crippen LogP contribution in [0.15, 0.2) is 0 Å². The lowest BCUT2D eigenvalue weighted by Gasteiger charge is -2.64. The molecular weight excluding hydrogens is 356 g/mol. The third kappa shape index (κ3) is 2.53. The molecule has 0 aromatic rings. The SMILES string of the molecule is CC1(C)C(NC(=O)C2CC23CCOC3)C(C)(C)C1NC(=O)C1CC12CCOC2. The summed E-state index contributed by atoms with van der Waals surface area (Å²) >= 11 is 0. The van der Waals surface area contributed by atoms with E-state index in [0.717, 1.165) is 52.1 Å². The van der Waals surface area contributed by atoms with E-state index >= 15 is 0 Å². The van der Waals surface area contributed by atoms with Gasteiger partial charge in [-0.05, 0) is 25.7 Å². The Balaban J connectivity index is 1.21. The summed E-state index contributed by atoms with van der Waals surface area (Å²) in [4.78, 5) is 25.8. The molecule has 3 saturated carbocycles. The molecule has 0 bridgehead atoms. The van der Waals surface area contributed by atoms with E-state index < -0.39 is 0 Å². The van der Waals surface area contributed by atoms with Crippen molar-refractivity contribution in [2.45, 2.75) is 65.5 Å². The summed E-state index contributed by atoms with van der Waals surface area (Å²) in [7, 11) is 0. The first kappa shape index (κ1) is 18.9. The molecule has 5 rings (SSSR count). The molecular formula is C22H34N2O4. The summed E-state index contributed by atoms with van der Waals surface area (Å²) in [5, 5.41) is 6.68. The second kappa shape index (κ2) is 5.72. The van der Waals surface area contributed by atoms with Gasteiger partial charge in [-0.15, -0.1) is 0 Å². The van der Waals surface area contributed by atoms with E-state index in [1.165, 1.54) is 0 Å². The highest BCUT2D eigenvalue weighted by Crippen LogP contribution is 2.61. The number of carbonyl (C=O) groups is 2. The van der Waals surface area contributed by atoms with Crippen molar-refractivity contribution in [1.29, 1.82) is 0 Å². The number of ether oxygens (including phenoxy) is 2. The highest BCUT2D eigenvalue weighted by Gasteiger charge is 2.67. The second-order valence-electron chi connectivity index (χ2n) is 11.4. The Hall–Kier alpha value is -1.14. The summed E-state index contributed by atoms with van der Waals surface area (Å²) in [6, 6.07) is 0.112. The van der Waals surface area contributed by atoms with Crippen LogP contribution in [0, 0.1) is 33.5 Å². The molecule has 6 heteroatoms. The van der Waals surface area contributed by atoms with Crippen LogP contribution in [0.5, 0.6) is 0 Å². The van der Waals surface area contributed by atoms with Gasteiger partial charge in [0, 0.05) is 58.8 Å². The fourth-order valence-corrected chi connectivity index (χ4v) is 6.94. The first-order valence-electron chi connectivity index (χ1n) is 10.9. The maximum atomic E-state index is 12.9. The van der Waals surface area contributed by atoms with Gasteiger partial charge < -0.3 is 20.1 Å². The first-order chi connectivity index (χ1) is 13.1. The van der Waals surface area contributed by atoms with Crippen LogP contribution in [0.25, 0.3) is 0 Å². The molecule has 3 aliphatic carbocycles. The van der Waals surface area contributed by atoms with Gasteiger partial charge in [-0.3, -0.25) is 9.59 Å². The Kier molecular flexibility index (Phi) is 3.85. The standard InChI is InChI=1S/C22H34N2O4/c1-19(2)17(23-15(25)13-9-21(13)5-7-27-11-21)20(3,4)18(19)24-16(26)14-10-22(14)6-8-28-12-22/h13-14,17-18H,5-12H2,1-4H3,(H,23,25)(H,24,26). The lowest BCUT2D eigenvalue weighted by Crippen LogP contribution is -2.77. The zero-order chi connectivity index (χ0) is 19.9. The molecule has 0 radical (unpaired) electrons. The minimum atomic E-state index is -0.169. The Morgan fingerprint density at radius 1 is 0.750 bits per heavy atom. The number of hydrogen-bond acceptors (Lipinski definition) is 4. The maximum absolute atomic E-state index is 12.9. The zero-order valence-electron chi connectivity index (χ0n) is 17.6. The Labute approximate surface area is 167 Å². The van der Waals surface area contributed by atoms with Gasteiger partial charge in [0.15, 0.2) is 0 Å². The average Bonchev–Trinajstić information content (AvgIpc) is 3.33. The molecule has 156 valence electrons. The van der Waals surface area contributed by atoms with E-state index in [1.54, 1.807) is 0 Å². The van der Waals surface area contributed by atoms with Gasteiger partial charge in [-0.25, -0.2) is 0 Å². The van der Waals surface area contributed by atoms with E-state index in [1.807, 2.05) is 0 Å². The number of nitrogens with one attached hydrogen (secondary N) is 2. The Bertz CT molecular complexity index is 631. The van der Waals surface area contributed by atoms with E-state index in [9.17, 15) is 9.59 Å². The van der Waals surface area contributed by atoms with Crippen molar-refractivity contribution >= 4 is 11.8 Å². The number of carbonyl (C=O) groups excluding carboxylic acids is 2. The summed E-state index contributed by atoms with van der Waals surface area (Å²) < 4.78 is 11.0. The number of amides is 2. The van der Waals surface area contributed by atoms with Crippen molar-refractivity contribution in [3.05, 3.63) is 0 Å². The molecule has 2 N–H and O–H groups in total. The topological polar surface area (TPSA) is 76.7 Å². The van der Waals surface area contributed by atoms with E-state index in [0.29, 0.717) is 0 Å². The highest BCUT2D eigenvalue weighted by atomic mass is 16.5. The van der Waals surface area contributed by atoms with E-state index in [-0.39, 0.29) is 57.4 Å². The normalized spacial score (nSPS) is 47.0. The van der Waals surface area contributed by atoms with Gasteiger partial charge in [0.1, 0.15) is 0 Å². The molecule has 4 atom stereocenters. The van der Waals surface area contributed by atoms with Crippen LogP contribution < -0.4 is 10.6 Å². The number of hydrogen-bond donors (Lipinski definition) is 2. The summed E-state index contributed by atoms with van der Waals surface area (Å²) in [6.45, 7) is 11.7. The highest BCUT2D eigenvalue weighted by molar-refractivity contribution is 5.84. The van der Waals surface area contributed by atoms with E-state index in [4.69, 9.17) is 9.47 Å². The molecule has 0 aromatic heterocycles. The van der Waals surface area contributed by atoms with Crippen LogP contribution in [0.4, 0.5) is 0 Å². The molecule has 2 spiro atoms. The minimum Gasteiger partial charge on any atom is -0.381 e. The maximum Gasteiger partial charge on any atom is 0.224 e. The van der Waals surface area contributed by atoms with Gasteiger partial charge in [0.2, 0.25) is 11.8 Å². The summed E-state index contributed by atoms with van der Waals surface area (Å²) in [6.07, 6.45) is 3.93. The molecule has 2 heterocycles. The predicted molar refractivity (Wildman–Crippen MR) is 103 cm³/mol. The van der Waals surface area contributed by atoms with Crippen LogP contribution in [0.2, 0.25) is 0 Å². The van der Waals surface area contributed by atoms with Crippen LogP contribution in [-0.2, 0) is 19.1 Å². The van der Waals surface area contributed by atoms with Gasteiger partial charge >= 0.3 is 0 Å². The largest absolute Gasteiger partial charge is 0.381 e. The molecule has 2 saturated heterocycles. The molecule has 4 unspecified atom stereocenters. The first-order valence-corrected chi connectivity index (χ1v) is 10.9. The average molecular weight is 391 g/mol. The van der Waals surface area contributed by atoms with Gasteiger partial charge in [-0.1, -0.05) is 27.7 Å². The second-order valence-corrected chi connectivity index (χ2v) is 11.4. The van der Waals surface area contributed by atoms with Crippen molar-refractivity contribution in [3.63, 3.8) is 0 Å². The van der Waals surface area contributed by atoms with Gasteiger partial charge in [-0.2, -0.15) is 0 Å². The lowest BCUT2D eigenvalue weighted by atomic mass is 9.48. The monoisotopic (exact) mass is 390 g/mol. The Morgan fingerprint density at radius 2 is 1.14 bits per heavy atom. The summed E-state index contributed by atoms with van der Waals surface area (Å²) in [5.74, 6) is 0.546. The van der Waals surface area contributed by atoms with E-state index in [2.05, 4.69) is 38.3 Å². The Morgan fingerprint density at radius 3 is 1.46 bits per heavy atom. The molecule has 2 amide bonds. The van der Waals surface area contributed by atoms with Crippen LogP contribution in [-0.4, -0.2) is 50.3 Å². The fourth-order valence-electron chi connectivity index (χ4n) is 6.94. The summed E-state index contributed by atoms with van der Waals surface area (Å²) in [5.41, 5.74) is -0.118. The van der Waals surface area contributed by atoms with Crippen molar-refractivity contribution < 1.29 is 19.1 Å². The molecule has 28 heavy (non-hydrogen) atoms. The molecule has 0 aromatic carbocycles. The van der Waals surface area contributed by atoms with Crippen molar-refractivity contribution in [2.24, 2.45) is 33.5 Å². The van der Waals surface area contributed by atoms with Crippen LogP contribution >= 0.6 is 0 Å². The quantitative estimate of drug-likeness (QED) is 0.768. The predicted octanol–water partition coefficient (Wildman–Crippen LogP) is 1.88. The molecule has 6 nitrogen and oxygen atoms in total. The smallest absolute Gasteiger partial charge is 0.224 e. The van der Waals surface area contributed by atoms with Gasteiger partial charge in [0.05, 0.1) is 13.2 Å². The van der Waals surface area contributed by atoms with Crippen LogP contribution in [0.1, 0.15) is 53.4 Å². The number of rotatable bonds is 4. The molecule has 5 aliphatic rings.